The van der Waals surface area contributed by atoms with Crippen LogP contribution in [0.4, 0.5) is 0 Å². The molecule has 0 saturated carbocycles. The predicted octanol–water partition coefficient (Wildman–Crippen LogP) is 2.06. The largest absolute Gasteiger partial charge is 0.497 e. The van der Waals surface area contributed by atoms with Crippen molar-refractivity contribution in [2.45, 2.75) is 51.2 Å². The van der Waals surface area contributed by atoms with Gasteiger partial charge in [0.05, 0.1) is 19.8 Å². The summed E-state index contributed by atoms with van der Waals surface area (Å²) >= 11 is 0. The van der Waals surface area contributed by atoms with E-state index in [0.717, 1.165) is 24.3 Å². The molecule has 1 saturated heterocycles. The van der Waals surface area contributed by atoms with Crippen molar-refractivity contribution in [3.05, 3.63) is 29.8 Å². The number of hydrogen-bond donors (Lipinski definition) is 1. The molecule has 7 nitrogen and oxygen atoms in total. The van der Waals surface area contributed by atoms with E-state index in [1.807, 2.05) is 24.3 Å². The third-order valence-corrected chi connectivity index (χ3v) is 5.27. The zero-order chi connectivity index (χ0) is 20.7. The fourth-order valence-corrected chi connectivity index (χ4v) is 3.72. The van der Waals surface area contributed by atoms with Gasteiger partial charge in [0.2, 0.25) is 0 Å². The van der Waals surface area contributed by atoms with Gasteiger partial charge in [0.15, 0.2) is 5.78 Å². The summed E-state index contributed by atoms with van der Waals surface area (Å²) in [5, 5.41) is 3.35. The van der Waals surface area contributed by atoms with Crippen LogP contribution in [0.25, 0.3) is 0 Å². The summed E-state index contributed by atoms with van der Waals surface area (Å²) in [5.41, 5.74) is 0.266. The van der Waals surface area contributed by atoms with Crippen LogP contribution in [-0.2, 0) is 30.3 Å². The van der Waals surface area contributed by atoms with Crippen molar-refractivity contribution in [3.63, 3.8) is 0 Å². The lowest BCUT2D eigenvalue weighted by atomic mass is 9.80. The smallest absolute Gasteiger partial charge is 0.312 e. The first-order valence-corrected chi connectivity index (χ1v) is 9.47. The average molecular weight is 391 g/mol. The molecule has 0 spiro atoms. The SMILES string of the molecule is COC(=O)[C@H](CC(=O)C1(Cc2ccc(OC)cc2)CCCN1)[C@@H](C)OC(C)=O. The summed E-state index contributed by atoms with van der Waals surface area (Å²) in [6.07, 6.45) is 1.29. The molecule has 1 aliphatic heterocycles. The first-order valence-electron chi connectivity index (χ1n) is 9.47. The standard InChI is InChI=1S/C21H29NO6/c1-14(28-15(2)23)18(20(25)27-4)12-19(24)21(10-5-11-22-21)13-16-6-8-17(26-3)9-7-16/h6-9,14,18,22H,5,10-13H2,1-4H3/t14-,18-,21?/m1/s1. The Morgan fingerprint density at radius 1 is 1.18 bits per heavy atom. The maximum absolute atomic E-state index is 13.3. The van der Waals surface area contributed by atoms with Crippen LogP contribution in [0, 0.1) is 5.92 Å². The van der Waals surface area contributed by atoms with Crippen molar-refractivity contribution in [1.29, 1.82) is 0 Å². The molecular formula is C21H29NO6. The van der Waals surface area contributed by atoms with E-state index in [-0.39, 0.29) is 12.2 Å². The van der Waals surface area contributed by atoms with E-state index in [0.29, 0.717) is 12.8 Å². The average Bonchev–Trinajstić information content (AvgIpc) is 3.15. The van der Waals surface area contributed by atoms with Crippen molar-refractivity contribution < 1.29 is 28.6 Å². The fraction of sp³-hybridized carbons (Fsp3) is 0.571. The second-order valence-corrected chi connectivity index (χ2v) is 7.21. The Kier molecular flexibility index (Phi) is 7.57. The highest BCUT2D eigenvalue weighted by Gasteiger charge is 2.43. The van der Waals surface area contributed by atoms with Gasteiger partial charge in [-0.25, -0.2) is 0 Å². The molecule has 7 heteroatoms. The van der Waals surface area contributed by atoms with Gasteiger partial charge >= 0.3 is 11.9 Å². The van der Waals surface area contributed by atoms with E-state index in [1.54, 1.807) is 14.0 Å². The van der Waals surface area contributed by atoms with Crippen molar-refractivity contribution >= 4 is 17.7 Å². The summed E-state index contributed by atoms with van der Waals surface area (Å²) in [6.45, 7) is 3.62. The third-order valence-electron chi connectivity index (χ3n) is 5.27. The summed E-state index contributed by atoms with van der Waals surface area (Å²) < 4.78 is 15.2. The second-order valence-electron chi connectivity index (χ2n) is 7.21. The molecule has 1 fully saturated rings. The first kappa shape index (κ1) is 21.9. The Balaban J connectivity index is 2.19. The maximum Gasteiger partial charge on any atom is 0.312 e. The molecule has 3 atom stereocenters. The van der Waals surface area contributed by atoms with Crippen LogP contribution in [0.1, 0.15) is 38.7 Å². The lowest BCUT2D eigenvalue weighted by molar-refractivity contribution is -0.160. The number of ketones is 1. The lowest BCUT2D eigenvalue weighted by Gasteiger charge is -2.31. The zero-order valence-corrected chi connectivity index (χ0v) is 16.9. The van der Waals surface area contributed by atoms with E-state index in [4.69, 9.17) is 14.2 Å². The van der Waals surface area contributed by atoms with Gasteiger partial charge in [0, 0.05) is 13.3 Å². The van der Waals surface area contributed by atoms with Crippen molar-refractivity contribution in [1.82, 2.24) is 5.32 Å². The second kappa shape index (κ2) is 9.68. The number of hydrogen-bond acceptors (Lipinski definition) is 7. The van der Waals surface area contributed by atoms with Gasteiger partial charge in [-0.05, 0) is 50.4 Å². The minimum Gasteiger partial charge on any atom is -0.497 e. The van der Waals surface area contributed by atoms with Crippen LogP contribution < -0.4 is 10.1 Å². The van der Waals surface area contributed by atoms with Gasteiger partial charge in [0.1, 0.15) is 17.8 Å². The van der Waals surface area contributed by atoms with E-state index in [2.05, 4.69) is 5.32 Å². The number of Topliss-reactive ketones (excluding diaryl/α,β-unsaturated/α-hetero) is 1. The quantitative estimate of drug-likeness (QED) is 0.644. The minimum atomic E-state index is -0.837. The Morgan fingerprint density at radius 2 is 1.86 bits per heavy atom. The maximum atomic E-state index is 13.3. The molecule has 1 aliphatic rings. The topological polar surface area (TPSA) is 90.9 Å². The van der Waals surface area contributed by atoms with Gasteiger partial charge in [-0.2, -0.15) is 0 Å². The zero-order valence-electron chi connectivity index (χ0n) is 16.9. The molecular weight excluding hydrogens is 362 g/mol. The Bertz CT molecular complexity index is 693. The van der Waals surface area contributed by atoms with Crippen LogP contribution >= 0.6 is 0 Å². The van der Waals surface area contributed by atoms with Gasteiger partial charge in [0.25, 0.3) is 0 Å². The third kappa shape index (κ3) is 5.32. The molecule has 0 amide bonds. The van der Waals surface area contributed by atoms with E-state index in [9.17, 15) is 14.4 Å². The number of esters is 2. The van der Waals surface area contributed by atoms with Gasteiger partial charge in [-0.1, -0.05) is 12.1 Å². The summed E-state index contributed by atoms with van der Waals surface area (Å²) in [7, 11) is 2.87. The number of methoxy groups -OCH3 is 2. The molecule has 1 unspecified atom stereocenters. The van der Waals surface area contributed by atoms with Crippen LogP contribution in [0.3, 0.4) is 0 Å². The molecule has 0 bridgehead atoms. The van der Waals surface area contributed by atoms with E-state index < -0.39 is 29.5 Å². The summed E-state index contributed by atoms with van der Waals surface area (Å²) in [5.74, 6) is -1.21. The molecule has 1 aromatic carbocycles. The lowest BCUT2D eigenvalue weighted by Crippen LogP contribution is -2.51. The highest BCUT2D eigenvalue weighted by atomic mass is 16.6. The number of benzene rings is 1. The molecule has 2 rings (SSSR count). The van der Waals surface area contributed by atoms with E-state index >= 15 is 0 Å². The number of carbonyl (C=O) groups excluding carboxylic acids is 3. The first-order chi connectivity index (χ1) is 13.3. The highest BCUT2D eigenvalue weighted by molar-refractivity contribution is 5.92. The molecule has 0 radical (unpaired) electrons. The number of ether oxygens (including phenoxy) is 3. The molecule has 28 heavy (non-hydrogen) atoms. The Morgan fingerprint density at radius 3 is 2.36 bits per heavy atom. The summed E-state index contributed by atoms with van der Waals surface area (Å²) in [4.78, 5) is 36.8. The number of rotatable bonds is 9. The van der Waals surface area contributed by atoms with Gasteiger partial charge < -0.3 is 19.5 Å². The highest BCUT2D eigenvalue weighted by Crippen LogP contribution is 2.30. The monoisotopic (exact) mass is 391 g/mol. The van der Waals surface area contributed by atoms with Crippen molar-refractivity contribution in [2.24, 2.45) is 5.92 Å². The Hall–Kier alpha value is -2.41. The van der Waals surface area contributed by atoms with E-state index in [1.165, 1.54) is 14.0 Å². The minimum absolute atomic E-state index is 0.0513. The van der Waals surface area contributed by atoms with Crippen molar-refractivity contribution in [3.8, 4) is 5.75 Å². The van der Waals surface area contributed by atoms with Crippen LogP contribution in [0.15, 0.2) is 24.3 Å². The molecule has 0 aromatic heterocycles. The predicted molar refractivity (Wildman–Crippen MR) is 103 cm³/mol. The van der Waals surface area contributed by atoms with Crippen LogP contribution in [0.5, 0.6) is 5.75 Å². The Labute approximate surface area is 165 Å². The number of nitrogens with one attached hydrogen (secondary N) is 1. The van der Waals surface area contributed by atoms with Crippen molar-refractivity contribution in [2.75, 3.05) is 20.8 Å². The molecule has 1 heterocycles. The molecule has 1 N–H and O–H groups in total. The normalized spacial score (nSPS) is 20.9. The number of carbonyl (C=O) groups is 3. The molecule has 0 aliphatic carbocycles. The van der Waals surface area contributed by atoms with Gasteiger partial charge in [-0.15, -0.1) is 0 Å². The van der Waals surface area contributed by atoms with Gasteiger partial charge in [-0.3, -0.25) is 14.4 Å². The fourth-order valence-electron chi connectivity index (χ4n) is 3.72. The summed E-state index contributed by atoms with van der Waals surface area (Å²) in [6, 6.07) is 7.60. The molecule has 1 aromatic rings. The van der Waals surface area contributed by atoms with Crippen LogP contribution in [-0.4, -0.2) is 50.1 Å². The van der Waals surface area contributed by atoms with Crippen LogP contribution in [0.2, 0.25) is 0 Å². The molecule has 154 valence electrons.